The minimum atomic E-state index is 0.352. The number of hydrogen-bond donors (Lipinski definition) is 1. The second kappa shape index (κ2) is 5.72. The molecule has 0 saturated carbocycles. The predicted octanol–water partition coefficient (Wildman–Crippen LogP) is 2.44. The highest BCUT2D eigenvalue weighted by Gasteiger charge is 2.05. The number of unbranched alkanes of at least 4 members (excludes halogenated alkanes) is 1. The molecular formula is C9H20O. The van der Waals surface area contributed by atoms with E-state index in [2.05, 4.69) is 20.8 Å². The van der Waals surface area contributed by atoms with Crippen molar-refractivity contribution in [1.29, 1.82) is 0 Å². The third-order valence-electron chi connectivity index (χ3n) is 2.21. The highest BCUT2D eigenvalue weighted by atomic mass is 16.2. The molecule has 0 rings (SSSR count). The van der Waals surface area contributed by atoms with E-state index in [-0.39, 0.29) is 0 Å². The van der Waals surface area contributed by atoms with Crippen LogP contribution in [0.25, 0.3) is 0 Å². The van der Waals surface area contributed by atoms with Gasteiger partial charge < -0.3 is 5.11 Å². The summed E-state index contributed by atoms with van der Waals surface area (Å²) in [6, 6.07) is 0. The predicted molar refractivity (Wildman–Crippen MR) is 44.9 cm³/mol. The summed E-state index contributed by atoms with van der Waals surface area (Å²) in [5.41, 5.74) is 0. The second-order valence-corrected chi connectivity index (χ2v) is 3.44. The van der Waals surface area contributed by atoms with Gasteiger partial charge in [-0.05, 0) is 18.3 Å². The summed E-state index contributed by atoms with van der Waals surface area (Å²) in [7, 11) is 0. The van der Waals surface area contributed by atoms with Crippen LogP contribution in [0.15, 0.2) is 0 Å². The van der Waals surface area contributed by atoms with Crippen molar-refractivity contribution >= 4 is 0 Å². The normalized spacial score (nSPS) is 14.1. The first-order valence-electron chi connectivity index (χ1n) is 4.29. The lowest BCUT2D eigenvalue weighted by atomic mass is 9.93. The molecule has 0 aliphatic rings. The minimum Gasteiger partial charge on any atom is -0.396 e. The van der Waals surface area contributed by atoms with Crippen LogP contribution in [0.3, 0.4) is 0 Å². The molecule has 0 aliphatic heterocycles. The average molecular weight is 144 g/mol. The van der Waals surface area contributed by atoms with Gasteiger partial charge in [-0.3, -0.25) is 0 Å². The Labute approximate surface area is 64.5 Å². The van der Waals surface area contributed by atoms with Crippen LogP contribution < -0.4 is 0 Å². The maximum Gasteiger partial charge on any atom is 0.0431 e. The topological polar surface area (TPSA) is 20.2 Å². The Hall–Kier alpha value is -0.0400. The van der Waals surface area contributed by atoms with Crippen LogP contribution in [0.5, 0.6) is 0 Å². The molecule has 0 aromatic rings. The standard InChI is InChI=1S/C9H20O/c1-8(2)9(3)6-4-5-7-10/h8-10H,4-7H2,1-3H3. The molecular weight excluding hydrogens is 124 g/mol. The summed E-state index contributed by atoms with van der Waals surface area (Å²) in [5.74, 6) is 1.60. The third kappa shape index (κ3) is 4.80. The molecule has 1 unspecified atom stereocenters. The van der Waals surface area contributed by atoms with Crippen molar-refractivity contribution in [2.75, 3.05) is 6.61 Å². The van der Waals surface area contributed by atoms with Crippen molar-refractivity contribution in [3.8, 4) is 0 Å². The van der Waals surface area contributed by atoms with Crippen LogP contribution in [0.4, 0.5) is 0 Å². The first kappa shape index (κ1) is 9.96. The average Bonchev–Trinajstić information content (AvgIpc) is 1.88. The van der Waals surface area contributed by atoms with Gasteiger partial charge in [-0.25, -0.2) is 0 Å². The lowest BCUT2D eigenvalue weighted by molar-refractivity contribution is 0.273. The molecule has 1 heteroatoms. The molecule has 0 saturated heterocycles. The Morgan fingerprint density at radius 2 is 1.70 bits per heavy atom. The Kier molecular flexibility index (Phi) is 5.70. The summed E-state index contributed by atoms with van der Waals surface area (Å²) >= 11 is 0. The van der Waals surface area contributed by atoms with Gasteiger partial charge in [0.1, 0.15) is 0 Å². The van der Waals surface area contributed by atoms with Crippen LogP contribution in [0.2, 0.25) is 0 Å². The van der Waals surface area contributed by atoms with Gasteiger partial charge in [0, 0.05) is 6.61 Å². The van der Waals surface area contributed by atoms with E-state index in [9.17, 15) is 0 Å². The smallest absolute Gasteiger partial charge is 0.0431 e. The fourth-order valence-electron chi connectivity index (χ4n) is 0.911. The van der Waals surface area contributed by atoms with Gasteiger partial charge in [0.25, 0.3) is 0 Å². The van der Waals surface area contributed by atoms with E-state index >= 15 is 0 Å². The van der Waals surface area contributed by atoms with Crippen molar-refractivity contribution in [3.63, 3.8) is 0 Å². The van der Waals surface area contributed by atoms with Gasteiger partial charge in [0.05, 0.1) is 0 Å². The van der Waals surface area contributed by atoms with Crippen LogP contribution in [0.1, 0.15) is 40.0 Å². The maximum atomic E-state index is 8.52. The third-order valence-corrected chi connectivity index (χ3v) is 2.21. The van der Waals surface area contributed by atoms with Gasteiger partial charge in [0.2, 0.25) is 0 Å². The number of rotatable bonds is 5. The molecule has 1 nitrogen and oxygen atoms in total. The summed E-state index contributed by atoms with van der Waals surface area (Å²) in [6.07, 6.45) is 3.41. The van der Waals surface area contributed by atoms with E-state index in [0.29, 0.717) is 6.61 Å². The SMILES string of the molecule is CC(C)C(C)CCCCO. The summed E-state index contributed by atoms with van der Waals surface area (Å²) in [4.78, 5) is 0. The summed E-state index contributed by atoms with van der Waals surface area (Å²) in [6.45, 7) is 7.14. The molecule has 0 amide bonds. The highest BCUT2D eigenvalue weighted by molar-refractivity contribution is 4.56. The Morgan fingerprint density at radius 3 is 2.10 bits per heavy atom. The van der Waals surface area contributed by atoms with Crippen molar-refractivity contribution in [3.05, 3.63) is 0 Å². The van der Waals surface area contributed by atoms with Crippen LogP contribution in [0, 0.1) is 11.8 Å². The molecule has 0 heterocycles. The molecule has 0 fully saturated rings. The monoisotopic (exact) mass is 144 g/mol. The Bertz CT molecular complexity index is 69.1. The number of aliphatic hydroxyl groups is 1. The summed E-state index contributed by atoms with van der Waals surface area (Å²) < 4.78 is 0. The van der Waals surface area contributed by atoms with E-state index in [0.717, 1.165) is 18.3 Å². The molecule has 1 atom stereocenters. The first-order valence-corrected chi connectivity index (χ1v) is 4.29. The Balaban J connectivity index is 3.13. The molecule has 0 bridgehead atoms. The molecule has 10 heavy (non-hydrogen) atoms. The molecule has 0 aromatic heterocycles. The fraction of sp³-hybridized carbons (Fsp3) is 1.00. The summed E-state index contributed by atoms with van der Waals surface area (Å²) in [5, 5.41) is 8.52. The van der Waals surface area contributed by atoms with Crippen LogP contribution >= 0.6 is 0 Å². The van der Waals surface area contributed by atoms with Crippen molar-refractivity contribution in [1.82, 2.24) is 0 Å². The molecule has 0 radical (unpaired) electrons. The highest BCUT2D eigenvalue weighted by Crippen LogP contribution is 2.16. The van der Waals surface area contributed by atoms with Crippen LogP contribution in [-0.4, -0.2) is 11.7 Å². The van der Waals surface area contributed by atoms with Gasteiger partial charge >= 0.3 is 0 Å². The van der Waals surface area contributed by atoms with E-state index in [1.165, 1.54) is 12.8 Å². The van der Waals surface area contributed by atoms with Gasteiger partial charge in [-0.15, -0.1) is 0 Å². The van der Waals surface area contributed by atoms with Crippen molar-refractivity contribution in [2.45, 2.75) is 40.0 Å². The first-order chi connectivity index (χ1) is 4.68. The molecule has 62 valence electrons. The van der Waals surface area contributed by atoms with Gasteiger partial charge in [-0.2, -0.15) is 0 Å². The lowest BCUT2D eigenvalue weighted by Gasteiger charge is -2.14. The van der Waals surface area contributed by atoms with Gasteiger partial charge in [0.15, 0.2) is 0 Å². The molecule has 0 aliphatic carbocycles. The van der Waals surface area contributed by atoms with E-state index in [1.54, 1.807) is 0 Å². The van der Waals surface area contributed by atoms with E-state index < -0.39 is 0 Å². The fourth-order valence-corrected chi connectivity index (χ4v) is 0.911. The zero-order chi connectivity index (χ0) is 7.98. The molecule has 0 aromatic carbocycles. The zero-order valence-electron chi connectivity index (χ0n) is 7.43. The second-order valence-electron chi connectivity index (χ2n) is 3.44. The minimum absolute atomic E-state index is 0.352. The van der Waals surface area contributed by atoms with E-state index in [1.807, 2.05) is 0 Å². The van der Waals surface area contributed by atoms with Crippen molar-refractivity contribution < 1.29 is 5.11 Å². The largest absolute Gasteiger partial charge is 0.396 e. The Morgan fingerprint density at radius 1 is 1.10 bits per heavy atom. The molecule has 1 N–H and O–H groups in total. The quantitative estimate of drug-likeness (QED) is 0.588. The van der Waals surface area contributed by atoms with Crippen molar-refractivity contribution in [2.24, 2.45) is 11.8 Å². The maximum absolute atomic E-state index is 8.52. The number of aliphatic hydroxyl groups excluding tert-OH is 1. The number of hydrogen-bond acceptors (Lipinski definition) is 1. The van der Waals surface area contributed by atoms with Crippen LogP contribution in [-0.2, 0) is 0 Å². The van der Waals surface area contributed by atoms with Gasteiger partial charge in [-0.1, -0.05) is 33.6 Å². The molecule has 0 spiro atoms. The lowest BCUT2D eigenvalue weighted by Crippen LogP contribution is -2.03. The van der Waals surface area contributed by atoms with E-state index in [4.69, 9.17) is 5.11 Å². The zero-order valence-corrected chi connectivity index (χ0v) is 7.43.